The van der Waals surface area contributed by atoms with Gasteiger partial charge in [0, 0.05) is 70.0 Å². The second-order valence-electron chi connectivity index (χ2n) is 22.0. The quantitative estimate of drug-likeness (QED) is 0.0423. The summed E-state index contributed by atoms with van der Waals surface area (Å²) in [6.45, 7) is 15.3. The SMILES string of the molecule is CCCCCCCC(=O)C[C@@H](CN)C(=O)N[C@H](C(=O)C[C@@H](CN)C(=O)N[C@H](Cc1ccccc1)C(=O)C[C@@H](CC(C)C)C(=O)N[C@@H](CN)C(=O)C[C@@H](C(=O)N[C@@H](CC(C)C)C(=O)C[C@@H](CO)C(N)=O)C(C)C)[C@@H](C)CC. The summed E-state index contributed by atoms with van der Waals surface area (Å²) in [7, 11) is 0. The maximum Gasteiger partial charge on any atom is 0.225 e. The van der Waals surface area contributed by atoms with E-state index in [1.165, 1.54) is 0 Å². The van der Waals surface area contributed by atoms with Crippen molar-refractivity contribution in [1.82, 2.24) is 21.3 Å². The third-order valence-electron chi connectivity index (χ3n) is 14.2. The number of aliphatic hydroxyl groups excluding tert-OH is 1. The first kappa shape index (κ1) is 68.8. The summed E-state index contributed by atoms with van der Waals surface area (Å²) < 4.78 is 0. The molecule has 10 atom stereocenters. The smallest absolute Gasteiger partial charge is 0.225 e. The highest BCUT2D eigenvalue weighted by atomic mass is 16.3. The molecule has 76 heavy (non-hydrogen) atoms. The van der Waals surface area contributed by atoms with Crippen LogP contribution in [-0.2, 0) is 54.4 Å². The minimum absolute atomic E-state index is 0.0372. The highest BCUT2D eigenvalue weighted by Gasteiger charge is 2.37. The monoisotopic (exact) mass is 1070 g/mol. The lowest BCUT2D eigenvalue weighted by atomic mass is 9.86. The number of primary amides is 1. The molecule has 1 aromatic carbocycles. The van der Waals surface area contributed by atoms with Gasteiger partial charge in [0.05, 0.1) is 48.5 Å². The molecule has 0 aliphatic heterocycles. The molecule has 0 radical (unpaired) electrons. The highest BCUT2D eigenvalue weighted by molar-refractivity contribution is 5.98. The third kappa shape index (κ3) is 25.3. The van der Waals surface area contributed by atoms with E-state index >= 15 is 0 Å². The Bertz CT molecular complexity index is 2010. The van der Waals surface area contributed by atoms with Crippen LogP contribution in [0.2, 0.25) is 0 Å². The molecule has 0 spiro atoms. The van der Waals surface area contributed by atoms with Gasteiger partial charge < -0.3 is 49.3 Å². The normalized spacial score (nSPS) is 15.5. The Morgan fingerprint density at radius 2 is 1.03 bits per heavy atom. The van der Waals surface area contributed by atoms with Gasteiger partial charge in [0.1, 0.15) is 5.78 Å². The van der Waals surface area contributed by atoms with Crippen LogP contribution >= 0.6 is 0 Å². The van der Waals surface area contributed by atoms with Crippen molar-refractivity contribution in [3.05, 3.63) is 35.9 Å². The molecule has 19 nitrogen and oxygen atoms in total. The van der Waals surface area contributed by atoms with Crippen LogP contribution in [-0.4, -0.2) is 114 Å². The first-order chi connectivity index (χ1) is 35.9. The first-order valence-corrected chi connectivity index (χ1v) is 27.8. The number of aliphatic hydroxyl groups is 1. The van der Waals surface area contributed by atoms with Crippen LogP contribution in [0.25, 0.3) is 0 Å². The van der Waals surface area contributed by atoms with Crippen LogP contribution in [0.5, 0.6) is 0 Å². The van der Waals surface area contributed by atoms with Crippen LogP contribution in [0.1, 0.15) is 158 Å². The van der Waals surface area contributed by atoms with Crippen molar-refractivity contribution in [3.63, 3.8) is 0 Å². The van der Waals surface area contributed by atoms with E-state index in [-0.39, 0.29) is 94.5 Å². The molecule has 0 heterocycles. The van der Waals surface area contributed by atoms with Gasteiger partial charge in [-0.1, -0.05) is 125 Å². The van der Waals surface area contributed by atoms with Gasteiger partial charge >= 0.3 is 0 Å². The van der Waals surface area contributed by atoms with Crippen molar-refractivity contribution in [2.24, 2.45) is 76.2 Å². The lowest BCUT2D eigenvalue weighted by molar-refractivity contribution is -0.136. The van der Waals surface area contributed by atoms with Crippen molar-refractivity contribution < 1.29 is 53.1 Å². The summed E-state index contributed by atoms with van der Waals surface area (Å²) in [5.41, 5.74) is 24.2. The maximum atomic E-state index is 14.5. The van der Waals surface area contributed by atoms with Gasteiger partial charge in [-0.25, -0.2) is 0 Å². The number of nitrogens with two attached hydrogens (primary N) is 4. The summed E-state index contributed by atoms with van der Waals surface area (Å²) in [6, 6.07) is 4.47. The van der Waals surface area contributed by atoms with Gasteiger partial charge in [-0.15, -0.1) is 0 Å². The largest absolute Gasteiger partial charge is 0.396 e. The number of ketones is 5. The molecular weight excluding hydrogens is 973 g/mol. The Morgan fingerprint density at radius 3 is 1.55 bits per heavy atom. The van der Waals surface area contributed by atoms with Crippen molar-refractivity contribution in [2.75, 3.05) is 26.2 Å². The van der Waals surface area contributed by atoms with Crippen molar-refractivity contribution in [1.29, 1.82) is 0 Å². The fourth-order valence-electron chi connectivity index (χ4n) is 9.12. The van der Waals surface area contributed by atoms with E-state index in [2.05, 4.69) is 28.2 Å². The zero-order valence-corrected chi connectivity index (χ0v) is 47.2. The second kappa shape index (κ2) is 36.7. The topological polar surface area (TPSA) is 343 Å². The van der Waals surface area contributed by atoms with Crippen molar-refractivity contribution in [2.45, 2.75) is 183 Å². The molecule has 0 unspecified atom stereocenters. The zero-order valence-electron chi connectivity index (χ0n) is 47.2. The lowest BCUT2D eigenvalue weighted by Gasteiger charge is -2.28. The number of nitrogens with one attached hydrogen (secondary N) is 4. The zero-order chi connectivity index (χ0) is 57.7. The van der Waals surface area contributed by atoms with Crippen LogP contribution in [0, 0.1) is 53.3 Å². The Kier molecular flexibility index (Phi) is 33.2. The molecule has 19 heteroatoms. The number of amides is 5. The number of carbonyl (C=O) groups excluding carboxylic acids is 10. The molecule has 5 amide bonds. The molecule has 1 rings (SSSR count). The average molecular weight is 1070 g/mol. The van der Waals surface area contributed by atoms with E-state index in [1.54, 1.807) is 51.1 Å². The predicted octanol–water partition coefficient (Wildman–Crippen LogP) is 3.55. The Morgan fingerprint density at radius 1 is 0.526 bits per heavy atom. The van der Waals surface area contributed by atoms with Gasteiger partial charge in [-0.05, 0) is 54.9 Å². The molecule has 13 N–H and O–H groups in total. The first-order valence-electron chi connectivity index (χ1n) is 27.8. The summed E-state index contributed by atoms with van der Waals surface area (Å²) in [6.07, 6.45) is 4.69. The van der Waals surface area contributed by atoms with Crippen molar-refractivity contribution in [3.8, 4) is 0 Å². The number of hydrogen-bond acceptors (Lipinski definition) is 14. The Labute approximate surface area is 452 Å². The van der Waals surface area contributed by atoms with E-state index in [9.17, 15) is 53.1 Å². The van der Waals surface area contributed by atoms with Gasteiger partial charge in [-0.3, -0.25) is 47.9 Å². The summed E-state index contributed by atoms with van der Waals surface area (Å²) in [5, 5.41) is 20.7. The number of benzene rings is 1. The molecule has 0 saturated carbocycles. The second-order valence-corrected chi connectivity index (χ2v) is 22.0. The molecule has 0 saturated heterocycles. The van der Waals surface area contributed by atoms with Crippen LogP contribution in [0.3, 0.4) is 0 Å². The summed E-state index contributed by atoms with van der Waals surface area (Å²) in [5.74, 6) is -11.2. The van der Waals surface area contributed by atoms with Crippen molar-refractivity contribution >= 4 is 58.5 Å². The molecule has 0 fully saturated rings. The van der Waals surface area contributed by atoms with Gasteiger partial charge in [-0.2, -0.15) is 0 Å². The third-order valence-corrected chi connectivity index (χ3v) is 14.2. The number of hydrogen-bond donors (Lipinski definition) is 9. The van der Waals surface area contributed by atoms with E-state index in [1.807, 2.05) is 34.6 Å². The number of unbranched alkanes of at least 4 members (excludes halogenated alkanes) is 4. The maximum absolute atomic E-state index is 14.5. The number of carbonyl (C=O) groups is 10. The van der Waals surface area contributed by atoms with Crippen LogP contribution < -0.4 is 44.2 Å². The lowest BCUT2D eigenvalue weighted by Crippen LogP contribution is -2.52. The van der Waals surface area contributed by atoms with E-state index in [0.717, 1.165) is 32.1 Å². The fraction of sp³-hybridized carbons (Fsp3) is 0.719. The van der Waals surface area contributed by atoms with Crippen LogP contribution in [0.4, 0.5) is 0 Å². The van der Waals surface area contributed by atoms with Crippen LogP contribution in [0.15, 0.2) is 30.3 Å². The van der Waals surface area contributed by atoms with Gasteiger partial charge in [0.2, 0.25) is 29.5 Å². The minimum atomic E-state index is -1.25. The summed E-state index contributed by atoms with van der Waals surface area (Å²) >= 11 is 0. The highest BCUT2D eigenvalue weighted by Crippen LogP contribution is 2.23. The molecular formula is C57H96N8O11. The van der Waals surface area contributed by atoms with E-state index < -0.39 is 119 Å². The molecule has 1 aromatic rings. The molecule has 0 aliphatic carbocycles. The average Bonchev–Trinajstić information content (AvgIpc) is 3.37. The minimum Gasteiger partial charge on any atom is -0.396 e. The summed E-state index contributed by atoms with van der Waals surface area (Å²) in [4.78, 5) is 136. The predicted molar refractivity (Wildman–Crippen MR) is 293 cm³/mol. The van der Waals surface area contributed by atoms with Gasteiger partial charge in [0.15, 0.2) is 23.1 Å². The molecule has 0 aliphatic rings. The standard InChI is InChI=1S/C57H96N8O11/c1-10-12-13-14-18-21-43(67)25-40(30-58)56(75)65-52(37(9)11-2)51(71)27-41(31-59)55(74)62-46(24-38-19-16-15-17-20-38)48(68)26-39(22-34(3)4)54(73)64-47(32-60)50(70)29-44(36(7)8)57(76)63-45(23-35(5)6)49(69)28-42(33-66)53(61)72/h15-17,19-20,34-37,39-42,44-47,52,66H,10-14,18,21-33,58-60H2,1-9H3,(H2,61,72)(H,62,74)(H,63,76)(H,64,73)(H,65,75)/t37-,39+,40-,41-,42-,44+,45-,46+,47-,52-/m0/s1. The Balaban J connectivity index is 3.35. The van der Waals surface area contributed by atoms with E-state index in [0.29, 0.717) is 18.4 Å². The fourth-order valence-corrected chi connectivity index (χ4v) is 9.12. The molecule has 0 aromatic heterocycles. The molecule has 430 valence electrons. The Hall–Kier alpha value is -5.24. The molecule has 0 bridgehead atoms. The van der Waals surface area contributed by atoms with E-state index in [4.69, 9.17) is 22.9 Å². The van der Waals surface area contributed by atoms with Gasteiger partial charge in [0.25, 0.3) is 0 Å². The number of Topliss-reactive ketones (excluding diaryl/α,β-unsaturated/α-hetero) is 5. The number of rotatable bonds is 42.